The van der Waals surface area contributed by atoms with Gasteiger partial charge in [0.25, 0.3) is 0 Å². The highest BCUT2D eigenvalue weighted by Gasteiger charge is 2.11. The first-order chi connectivity index (χ1) is 16.2. The van der Waals surface area contributed by atoms with Gasteiger partial charge in [-0.3, -0.25) is 9.78 Å². The fourth-order valence-electron chi connectivity index (χ4n) is 4.27. The Kier molecular flexibility index (Phi) is 9.49. The maximum Gasteiger partial charge on any atom is 0.244 e. The number of nitrogens with zero attached hydrogens (tertiary/aromatic N) is 1. The summed E-state index contributed by atoms with van der Waals surface area (Å²) >= 11 is 0. The molecule has 1 amide bonds. The normalized spacial score (nSPS) is 12.2. The summed E-state index contributed by atoms with van der Waals surface area (Å²) in [6.07, 6.45) is 14.5. The van der Waals surface area contributed by atoms with Crippen LogP contribution in [-0.2, 0) is 17.6 Å². The van der Waals surface area contributed by atoms with E-state index in [2.05, 4.69) is 48.4 Å². The van der Waals surface area contributed by atoms with Gasteiger partial charge in [0.05, 0.1) is 7.11 Å². The number of unbranched alkanes of at least 4 members (excludes halogenated alkanes) is 1. The number of carbonyl (C=O) groups is 1. The number of benzene rings is 2. The van der Waals surface area contributed by atoms with Crippen LogP contribution in [0.3, 0.4) is 0 Å². The highest BCUT2D eigenvalue weighted by Crippen LogP contribution is 2.31. The Morgan fingerprint density at radius 3 is 2.67 bits per heavy atom. The number of aromatic nitrogens is 1. The second-order valence-electron chi connectivity index (χ2n) is 8.49. The summed E-state index contributed by atoms with van der Waals surface area (Å²) in [5.74, 6) is 0.853. The molecule has 1 heterocycles. The minimum atomic E-state index is -0.0320. The number of carbonyl (C=O) groups excluding carboxylic acids is 1. The first-order valence-electron chi connectivity index (χ1n) is 12.1. The molecule has 1 atom stereocenters. The van der Waals surface area contributed by atoms with E-state index >= 15 is 0 Å². The van der Waals surface area contributed by atoms with Crippen LogP contribution in [0.15, 0.2) is 60.9 Å². The number of hydrogen-bond acceptors (Lipinski definition) is 3. The van der Waals surface area contributed by atoms with Crippen LogP contribution < -0.4 is 10.1 Å². The third-order valence-corrected chi connectivity index (χ3v) is 6.16. The van der Waals surface area contributed by atoms with Crippen molar-refractivity contribution in [2.45, 2.75) is 64.8 Å². The highest BCUT2D eigenvalue weighted by atomic mass is 16.5. The first kappa shape index (κ1) is 24.5. The first-order valence-corrected chi connectivity index (χ1v) is 12.1. The second-order valence-corrected chi connectivity index (χ2v) is 8.49. The molecule has 0 aliphatic rings. The fourth-order valence-corrected chi connectivity index (χ4v) is 4.27. The molecule has 0 spiro atoms. The van der Waals surface area contributed by atoms with Gasteiger partial charge in [-0.1, -0.05) is 50.6 Å². The van der Waals surface area contributed by atoms with E-state index < -0.39 is 0 Å². The number of methoxy groups -OCH3 is 1. The van der Waals surface area contributed by atoms with Gasteiger partial charge in [0, 0.05) is 29.9 Å². The molecule has 4 heteroatoms. The Bertz CT molecular complexity index is 1060. The molecule has 1 aromatic heterocycles. The maximum absolute atomic E-state index is 12.7. The summed E-state index contributed by atoms with van der Waals surface area (Å²) < 4.78 is 5.56. The number of ether oxygens (including phenoxy) is 1. The molecule has 3 aromatic rings. The Hall–Kier alpha value is -3.14. The SMILES string of the molecule is CCCCc1c(/C=C/C(=O)N[C@H](CC)CCCc2cccnc2)ccc2c(OC)cccc12. The molecule has 0 aliphatic heterocycles. The number of hydrogen-bond donors (Lipinski definition) is 1. The van der Waals surface area contributed by atoms with Crippen molar-refractivity contribution in [1.82, 2.24) is 10.3 Å². The van der Waals surface area contributed by atoms with E-state index in [4.69, 9.17) is 4.74 Å². The second kappa shape index (κ2) is 12.8. The van der Waals surface area contributed by atoms with Crippen molar-refractivity contribution in [3.05, 3.63) is 77.6 Å². The molecule has 174 valence electrons. The van der Waals surface area contributed by atoms with E-state index in [1.165, 1.54) is 16.5 Å². The third-order valence-electron chi connectivity index (χ3n) is 6.16. The topological polar surface area (TPSA) is 51.2 Å². The quantitative estimate of drug-likeness (QED) is 0.324. The summed E-state index contributed by atoms with van der Waals surface area (Å²) in [4.78, 5) is 16.9. The van der Waals surface area contributed by atoms with Crippen molar-refractivity contribution in [2.75, 3.05) is 7.11 Å². The molecule has 3 rings (SSSR count). The number of amides is 1. The smallest absolute Gasteiger partial charge is 0.244 e. The van der Waals surface area contributed by atoms with E-state index in [0.29, 0.717) is 0 Å². The van der Waals surface area contributed by atoms with Gasteiger partial charge in [-0.2, -0.15) is 0 Å². The average molecular weight is 445 g/mol. The lowest BCUT2D eigenvalue weighted by Crippen LogP contribution is -2.33. The van der Waals surface area contributed by atoms with E-state index in [-0.39, 0.29) is 11.9 Å². The largest absolute Gasteiger partial charge is 0.496 e. The van der Waals surface area contributed by atoms with Crippen LogP contribution in [0.2, 0.25) is 0 Å². The fraction of sp³-hybridized carbons (Fsp3) is 0.379. The molecule has 4 nitrogen and oxygen atoms in total. The number of nitrogens with one attached hydrogen (secondary N) is 1. The third kappa shape index (κ3) is 6.92. The molecule has 33 heavy (non-hydrogen) atoms. The van der Waals surface area contributed by atoms with Crippen molar-refractivity contribution in [1.29, 1.82) is 0 Å². The lowest BCUT2D eigenvalue weighted by Gasteiger charge is -2.16. The molecule has 1 N–H and O–H groups in total. The van der Waals surface area contributed by atoms with Crippen molar-refractivity contribution < 1.29 is 9.53 Å². The van der Waals surface area contributed by atoms with Gasteiger partial charge in [-0.15, -0.1) is 0 Å². The van der Waals surface area contributed by atoms with E-state index in [9.17, 15) is 4.79 Å². The summed E-state index contributed by atoms with van der Waals surface area (Å²) in [7, 11) is 1.71. The van der Waals surface area contributed by atoms with Gasteiger partial charge >= 0.3 is 0 Å². The molecule has 0 unspecified atom stereocenters. The van der Waals surface area contributed by atoms with E-state index in [1.54, 1.807) is 19.4 Å². The Balaban J connectivity index is 1.68. The van der Waals surface area contributed by atoms with Crippen molar-refractivity contribution in [3.63, 3.8) is 0 Å². The average Bonchev–Trinajstić information content (AvgIpc) is 2.85. The molecular weight excluding hydrogens is 408 g/mol. The molecule has 0 saturated carbocycles. The van der Waals surface area contributed by atoms with E-state index in [1.807, 2.05) is 30.5 Å². The van der Waals surface area contributed by atoms with Gasteiger partial charge in [-0.05, 0) is 78.8 Å². The number of fused-ring (bicyclic) bond motifs is 1. The number of aryl methyl sites for hydroxylation is 2. The Morgan fingerprint density at radius 1 is 1.06 bits per heavy atom. The molecule has 0 radical (unpaired) electrons. The minimum Gasteiger partial charge on any atom is -0.496 e. The monoisotopic (exact) mass is 444 g/mol. The van der Waals surface area contributed by atoms with Crippen molar-refractivity contribution in [3.8, 4) is 5.75 Å². The Labute approximate surface area is 198 Å². The summed E-state index contributed by atoms with van der Waals surface area (Å²) in [6.45, 7) is 4.33. The lowest BCUT2D eigenvalue weighted by molar-refractivity contribution is -0.117. The van der Waals surface area contributed by atoms with E-state index in [0.717, 1.165) is 61.6 Å². The summed E-state index contributed by atoms with van der Waals surface area (Å²) in [5.41, 5.74) is 3.62. The van der Waals surface area contributed by atoms with Crippen LogP contribution in [-0.4, -0.2) is 24.0 Å². The summed E-state index contributed by atoms with van der Waals surface area (Å²) in [6, 6.07) is 14.6. The molecule has 0 bridgehead atoms. The molecule has 2 aromatic carbocycles. The van der Waals surface area contributed by atoms with Gasteiger partial charge in [-0.25, -0.2) is 0 Å². The molecule has 0 saturated heterocycles. The molecular formula is C29H36N2O2. The van der Waals surface area contributed by atoms with Gasteiger partial charge in [0.1, 0.15) is 5.75 Å². The highest BCUT2D eigenvalue weighted by molar-refractivity contribution is 5.96. The van der Waals surface area contributed by atoms with Crippen molar-refractivity contribution >= 4 is 22.8 Å². The van der Waals surface area contributed by atoms with Crippen molar-refractivity contribution in [2.24, 2.45) is 0 Å². The lowest BCUT2D eigenvalue weighted by atomic mass is 9.94. The summed E-state index contributed by atoms with van der Waals surface area (Å²) in [5, 5.41) is 5.50. The zero-order chi connectivity index (χ0) is 23.5. The maximum atomic E-state index is 12.7. The minimum absolute atomic E-state index is 0.0320. The van der Waals surface area contributed by atoms with Gasteiger partial charge in [0.2, 0.25) is 5.91 Å². The van der Waals surface area contributed by atoms with Crippen LogP contribution in [0.5, 0.6) is 5.75 Å². The number of pyridine rings is 1. The Morgan fingerprint density at radius 2 is 1.94 bits per heavy atom. The zero-order valence-electron chi connectivity index (χ0n) is 20.1. The van der Waals surface area contributed by atoms with Crippen LogP contribution in [0, 0.1) is 0 Å². The van der Waals surface area contributed by atoms with Crippen LogP contribution in [0.4, 0.5) is 0 Å². The molecule has 0 fully saturated rings. The van der Waals surface area contributed by atoms with Crippen LogP contribution in [0.1, 0.15) is 62.6 Å². The standard InChI is InChI=1S/C29H36N2O2/c1-4-6-13-25-23(16-18-27-26(25)14-8-15-28(27)33-3)17-19-29(32)31-24(5-2)12-7-10-22-11-9-20-30-21-22/h8-9,11,14-21,24H,4-7,10,12-13H2,1-3H3,(H,31,32)/b19-17+/t24-/m1/s1. The predicted octanol–water partition coefficient (Wildman–Crippen LogP) is 6.52. The van der Waals surface area contributed by atoms with Gasteiger partial charge in [0.15, 0.2) is 0 Å². The van der Waals surface area contributed by atoms with Gasteiger partial charge < -0.3 is 10.1 Å². The zero-order valence-corrected chi connectivity index (χ0v) is 20.1. The van der Waals surface area contributed by atoms with Crippen LogP contribution >= 0.6 is 0 Å². The predicted molar refractivity (Wildman–Crippen MR) is 138 cm³/mol. The molecule has 0 aliphatic carbocycles. The van der Waals surface area contributed by atoms with Crippen LogP contribution in [0.25, 0.3) is 16.8 Å². The number of rotatable bonds is 12.